The van der Waals surface area contributed by atoms with Gasteiger partial charge in [-0.25, -0.2) is 10.3 Å². The van der Waals surface area contributed by atoms with E-state index in [0.29, 0.717) is 0 Å². The second-order valence-corrected chi connectivity index (χ2v) is 3.21. The predicted molar refractivity (Wildman–Crippen MR) is 54.2 cm³/mol. The molecule has 0 aliphatic rings. The highest BCUT2D eigenvalue weighted by molar-refractivity contribution is 6.30. The summed E-state index contributed by atoms with van der Waals surface area (Å²) < 4.78 is 0. The first-order valence-electron chi connectivity index (χ1n) is 4.13. The van der Waals surface area contributed by atoms with Crippen LogP contribution in [0.2, 0.25) is 5.02 Å². The number of amides is 1. The van der Waals surface area contributed by atoms with Crippen molar-refractivity contribution >= 4 is 23.5 Å². The van der Waals surface area contributed by atoms with Crippen molar-refractivity contribution < 1.29 is 24.6 Å². The van der Waals surface area contributed by atoms with Crippen LogP contribution in [0.25, 0.3) is 0 Å². The maximum absolute atomic E-state index is 11.3. The second-order valence-electron chi connectivity index (χ2n) is 2.78. The van der Waals surface area contributed by atoms with E-state index in [2.05, 4.69) is 4.84 Å². The van der Waals surface area contributed by atoms with Gasteiger partial charge in [0.05, 0.1) is 5.56 Å². The van der Waals surface area contributed by atoms with Gasteiger partial charge >= 0.3 is 5.97 Å². The number of aliphatic carboxylic acids is 1. The van der Waals surface area contributed by atoms with Crippen molar-refractivity contribution in [3.8, 4) is 5.75 Å². The highest BCUT2D eigenvalue weighted by Gasteiger charge is 2.11. The van der Waals surface area contributed by atoms with E-state index in [9.17, 15) is 14.7 Å². The van der Waals surface area contributed by atoms with Crippen LogP contribution in [0, 0.1) is 0 Å². The SMILES string of the molecule is O=C(O)CONC(=O)c1ccc(Cl)cc1O. The van der Waals surface area contributed by atoms with Crippen LogP contribution in [0.5, 0.6) is 5.75 Å². The van der Waals surface area contributed by atoms with E-state index in [1.807, 2.05) is 5.48 Å². The number of nitrogens with one attached hydrogen (secondary N) is 1. The lowest BCUT2D eigenvalue weighted by atomic mass is 10.2. The molecule has 0 spiro atoms. The Hall–Kier alpha value is -1.79. The van der Waals surface area contributed by atoms with E-state index < -0.39 is 18.5 Å². The number of halogens is 1. The highest BCUT2D eigenvalue weighted by Crippen LogP contribution is 2.21. The van der Waals surface area contributed by atoms with Crippen LogP contribution in [-0.4, -0.2) is 28.7 Å². The van der Waals surface area contributed by atoms with E-state index in [4.69, 9.17) is 16.7 Å². The van der Waals surface area contributed by atoms with Crippen molar-refractivity contribution in [2.75, 3.05) is 6.61 Å². The van der Waals surface area contributed by atoms with Crippen LogP contribution in [0.3, 0.4) is 0 Å². The first kappa shape index (κ1) is 12.3. The van der Waals surface area contributed by atoms with Gasteiger partial charge in [-0.15, -0.1) is 0 Å². The van der Waals surface area contributed by atoms with Gasteiger partial charge in [-0.2, -0.15) is 0 Å². The molecule has 0 fully saturated rings. The molecule has 0 heterocycles. The van der Waals surface area contributed by atoms with Gasteiger partial charge in [-0.05, 0) is 18.2 Å². The first-order valence-corrected chi connectivity index (χ1v) is 4.51. The highest BCUT2D eigenvalue weighted by atomic mass is 35.5. The number of carboxylic acid groups (broad SMARTS) is 1. The van der Waals surface area contributed by atoms with Gasteiger partial charge in [0, 0.05) is 5.02 Å². The lowest BCUT2D eigenvalue weighted by Gasteiger charge is -2.05. The summed E-state index contributed by atoms with van der Waals surface area (Å²) in [5, 5.41) is 17.9. The molecule has 6 nitrogen and oxygen atoms in total. The molecule has 1 rings (SSSR count). The fraction of sp³-hybridized carbons (Fsp3) is 0.111. The molecule has 0 saturated carbocycles. The Morgan fingerprint density at radius 1 is 1.44 bits per heavy atom. The fourth-order valence-corrected chi connectivity index (χ4v) is 1.08. The quantitative estimate of drug-likeness (QED) is 0.682. The molecule has 86 valence electrons. The minimum atomic E-state index is -1.22. The molecule has 0 aliphatic heterocycles. The van der Waals surface area contributed by atoms with Crippen molar-refractivity contribution in [3.63, 3.8) is 0 Å². The molecule has 7 heteroatoms. The average molecular weight is 246 g/mol. The molecule has 0 atom stereocenters. The summed E-state index contributed by atoms with van der Waals surface area (Å²) in [6.45, 7) is -0.667. The minimum Gasteiger partial charge on any atom is -0.507 e. The summed E-state index contributed by atoms with van der Waals surface area (Å²) in [6, 6.07) is 3.89. The lowest BCUT2D eigenvalue weighted by molar-refractivity contribution is -0.144. The summed E-state index contributed by atoms with van der Waals surface area (Å²) in [6.07, 6.45) is 0. The normalized spacial score (nSPS) is 9.81. The summed E-state index contributed by atoms with van der Waals surface area (Å²) in [5.41, 5.74) is 1.81. The molecule has 3 N–H and O–H groups in total. The van der Waals surface area contributed by atoms with Crippen LogP contribution in [0.1, 0.15) is 10.4 Å². The Morgan fingerprint density at radius 3 is 2.69 bits per heavy atom. The molecule has 16 heavy (non-hydrogen) atoms. The Kier molecular flexibility index (Phi) is 4.10. The van der Waals surface area contributed by atoms with Crippen molar-refractivity contribution in [2.24, 2.45) is 0 Å². The number of hydroxylamine groups is 1. The second kappa shape index (κ2) is 5.34. The zero-order valence-electron chi connectivity index (χ0n) is 7.94. The molecule has 0 aromatic heterocycles. The number of benzene rings is 1. The minimum absolute atomic E-state index is 0.0604. The molecular weight excluding hydrogens is 238 g/mol. The van der Waals surface area contributed by atoms with Crippen LogP contribution in [0.4, 0.5) is 0 Å². The van der Waals surface area contributed by atoms with E-state index in [-0.39, 0.29) is 16.3 Å². The Labute approximate surface area is 95.4 Å². The van der Waals surface area contributed by atoms with Gasteiger partial charge in [0.15, 0.2) is 6.61 Å². The number of hydrogen-bond acceptors (Lipinski definition) is 4. The molecule has 1 amide bonds. The summed E-state index contributed by atoms with van der Waals surface area (Å²) >= 11 is 5.57. The Balaban J connectivity index is 2.63. The summed E-state index contributed by atoms with van der Waals surface area (Å²) in [4.78, 5) is 25.8. The molecule has 0 aliphatic carbocycles. The summed E-state index contributed by atoms with van der Waals surface area (Å²) in [5.74, 6) is -2.29. The number of hydrogen-bond donors (Lipinski definition) is 3. The maximum atomic E-state index is 11.3. The smallest absolute Gasteiger partial charge is 0.332 e. The van der Waals surface area contributed by atoms with Crippen LogP contribution < -0.4 is 5.48 Å². The molecular formula is C9H8ClNO5. The number of carbonyl (C=O) groups excluding carboxylic acids is 1. The van der Waals surface area contributed by atoms with Crippen LogP contribution >= 0.6 is 11.6 Å². The zero-order chi connectivity index (χ0) is 12.1. The fourth-order valence-electron chi connectivity index (χ4n) is 0.915. The first-order chi connectivity index (χ1) is 7.50. The van der Waals surface area contributed by atoms with Gasteiger partial charge in [-0.3, -0.25) is 9.63 Å². The van der Waals surface area contributed by atoms with Gasteiger partial charge in [0.2, 0.25) is 0 Å². The largest absolute Gasteiger partial charge is 0.507 e. The third-order valence-electron chi connectivity index (χ3n) is 1.56. The number of aromatic hydroxyl groups is 1. The standard InChI is InChI=1S/C9H8ClNO5/c10-5-1-2-6(7(12)3-5)9(15)11-16-4-8(13)14/h1-3,12H,4H2,(H,11,15)(H,13,14). The van der Waals surface area contributed by atoms with Crippen molar-refractivity contribution in [3.05, 3.63) is 28.8 Å². The number of rotatable bonds is 4. The molecule has 1 aromatic carbocycles. The number of phenolic OH excluding ortho intramolecular Hbond substituents is 1. The predicted octanol–water partition coefficient (Wildman–Crippen LogP) is 0.792. The third kappa shape index (κ3) is 3.41. The van der Waals surface area contributed by atoms with Gasteiger partial charge in [0.1, 0.15) is 5.75 Å². The average Bonchev–Trinajstić information content (AvgIpc) is 2.16. The van der Waals surface area contributed by atoms with E-state index in [0.717, 1.165) is 0 Å². The van der Waals surface area contributed by atoms with Crippen molar-refractivity contribution in [1.29, 1.82) is 0 Å². The lowest BCUT2D eigenvalue weighted by Crippen LogP contribution is -2.26. The van der Waals surface area contributed by atoms with Crippen LogP contribution in [-0.2, 0) is 9.63 Å². The summed E-state index contributed by atoms with van der Waals surface area (Å²) in [7, 11) is 0. The number of carbonyl (C=O) groups is 2. The topological polar surface area (TPSA) is 95.9 Å². The monoisotopic (exact) mass is 245 g/mol. The molecule has 0 bridgehead atoms. The number of phenols is 1. The van der Waals surface area contributed by atoms with Crippen molar-refractivity contribution in [1.82, 2.24) is 5.48 Å². The van der Waals surface area contributed by atoms with E-state index in [1.54, 1.807) is 0 Å². The Morgan fingerprint density at radius 2 is 2.12 bits per heavy atom. The molecule has 0 radical (unpaired) electrons. The van der Waals surface area contributed by atoms with Crippen molar-refractivity contribution in [2.45, 2.75) is 0 Å². The van der Waals surface area contributed by atoms with Gasteiger partial charge in [0.25, 0.3) is 5.91 Å². The molecule has 0 unspecified atom stereocenters. The number of carboxylic acids is 1. The van der Waals surface area contributed by atoms with E-state index in [1.165, 1.54) is 18.2 Å². The molecule has 1 aromatic rings. The third-order valence-corrected chi connectivity index (χ3v) is 1.80. The van der Waals surface area contributed by atoms with Gasteiger partial charge < -0.3 is 10.2 Å². The van der Waals surface area contributed by atoms with E-state index >= 15 is 0 Å². The maximum Gasteiger partial charge on any atom is 0.332 e. The molecule has 0 saturated heterocycles. The Bertz CT molecular complexity index is 420. The van der Waals surface area contributed by atoms with Crippen LogP contribution in [0.15, 0.2) is 18.2 Å². The zero-order valence-corrected chi connectivity index (χ0v) is 8.69. The van der Waals surface area contributed by atoms with Gasteiger partial charge in [-0.1, -0.05) is 11.6 Å².